The molecule has 1 N–H and O–H groups in total. The van der Waals surface area contributed by atoms with Crippen molar-refractivity contribution in [2.24, 2.45) is 5.16 Å². The number of alkyl halides is 3. The van der Waals surface area contributed by atoms with Crippen LogP contribution in [0, 0.1) is 0 Å². The van der Waals surface area contributed by atoms with Crippen LogP contribution in [-0.4, -0.2) is 47.7 Å². The summed E-state index contributed by atoms with van der Waals surface area (Å²) >= 11 is 0. The van der Waals surface area contributed by atoms with Crippen molar-refractivity contribution in [3.05, 3.63) is 72.1 Å². The van der Waals surface area contributed by atoms with E-state index in [1.54, 1.807) is 31.2 Å². The molecule has 11 heteroatoms. The summed E-state index contributed by atoms with van der Waals surface area (Å²) < 4.78 is 47.0. The fourth-order valence-electron chi connectivity index (χ4n) is 3.93. The molecule has 0 saturated heterocycles. The fraction of sp³-hybridized carbons (Fsp3) is 0.280. The van der Waals surface area contributed by atoms with Crippen LogP contribution in [0.25, 0.3) is 10.8 Å². The number of halogens is 3. The maximum absolute atomic E-state index is 12.8. The van der Waals surface area contributed by atoms with E-state index in [0.29, 0.717) is 16.7 Å². The van der Waals surface area contributed by atoms with E-state index in [9.17, 15) is 22.8 Å². The number of pyridine rings is 1. The van der Waals surface area contributed by atoms with Crippen molar-refractivity contribution in [3.8, 4) is 5.75 Å². The molecule has 1 aromatic heterocycles. The zero-order valence-corrected chi connectivity index (χ0v) is 19.2. The van der Waals surface area contributed by atoms with Crippen LogP contribution < -0.4 is 10.1 Å². The van der Waals surface area contributed by atoms with Gasteiger partial charge in [-0.2, -0.15) is 0 Å². The second-order valence-electron chi connectivity index (χ2n) is 8.08. The standard InChI is InChI=1S/C25H22F3N3O5/c1-2-34-23(33)24(13-16-6-5-8-19(12-16)35-25(26,27)28)14-18(31-36-24)15-30-22(32)21-20-9-4-3-7-17(20)10-11-29-21/h3-12H,2,13-15H2,1H3,(H,30,32). The quantitative estimate of drug-likeness (QED) is 0.465. The molecule has 0 radical (unpaired) electrons. The molecule has 8 nitrogen and oxygen atoms in total. The zero-order valence-electron chi connectivity index (χ0n) is 19.2. The Morgan fingerprint density at radius 3 is 2.72 bits per heavy atom. The lowest BCUT2D eigenvalue weighted by molar-refractivity contribution is -0.274. The molecule has 1 amide bonds. The predicted molar refractivity (Wildman–Crippen MR) is 123 cm³/mol. The van der Waals surface area contributed by atoms with E-state index in [2.05, 4.69) is 20.2 Å². The van der Waals surface area contributed by atoms with Gasteiger partial charge in [0, 0.05) is 24.4 Å². The van der Waals surface area contributed by atoms with Gasteiger partial charge in [0.15, 0.2) is 0 Å². The summed E-state index contributed by atoms with van der Waals surface area (Å²) in [4.78, 5) is 35.3. The summed E-state index contributed by atoms with van der Waals surface area (Å²) in [5, 5.41) is 8.24. The van der Waals surface area contributed by atoms with Crippen molar-refractivity contribution in [2.45, 2.75) is 31.7 Å². The number of oxime groups is 1. The number of nitrogens with one attached hydrogen (secondary N) is 1. The Morgan fingerprint density at radius 1 is 1.14 bits per heavy atom. The lowest BCUT2D eigenvalue weighted by Crippen LogP contribution is -2.43. The third-order valence-electron chi connectivity index (χ3n) is 5.45. The van der Waals surface area contributed by atoms with Crippen LogP contribution in [0.3, 0.4) is 0 Å². The van der Waals surface area contributed by atoms with E-state index >= 15 is 0 Å². The van der Waals surface area contributed by atoms with Crippen LogP contribution >= 0.6 is 0 Å². The third-order valence-corrected chi connectivity index (χ3v) is 5.45. The second kappa shape index (κ2) is 10.2. The highest BCUT2D eigenvalue weighted by atomic mass is 19.4. The molecule has 0 bridgehead atoms. The number of hydrogen-bond acceptors (Lipinski definition) is 7. The molecule has 2 heterocycles. The highest BCUT2D eigenvalue weighted by molar-refractivity contribution is 6.06. The lowest BCUT2D eigenvalue weighted by Gasteiger charge is -2.24. The Morgan fingerprint density at radius 2 is 1.94 bits per heavy atom. The fourth-order valence-corrected chi connectivity index (χ4v) is 3.93. The number of amides is 1. The van der Waals surface area contributed by atoms with Crippen LogP contribution in [0.5, 0.6) is 5.75 Å². The van der Waals surface area contributed by atoms with Gasteiger partial charge in [-0.05, 0) is 36.1 Å². The predicted octanol–water partition coefficient (Wildman–Crippen LogP) is 4.18. The van der Waals surface area contributed by atoms with E-state index in [0.717, 1.165) is 11.5 Å². The number of aromatic nitrogens is 1. The summed E-state index contributed by atoms with van der Waals surface area (Å²) in [7, 11) is 0. The van der Waals surface area contributed by atoms with Gasteiger partial charge in [0.1, 0.15) is 11.4 Å². The number of esters is 1. The molecular formula is C25H22F3N3O5. The Labute approximate surface area is 204 Å². The van der Waals surface area contributed by atoms with Crippen molar-refractivity contribution in [1.82, 2.24) is 10.3 Å². The van der Waals surface area contributed by atoms with Crippen LogP contribution in [0.15, 0.2) is 65.9 Å². The number of rotatable bonds is 8. The normalized spacial score (nSPS) is 17.3. The molecule has 1 aliphatic heterocycles. The Bertz CT molecular complexity index is 1310. The molecule has 0 saturated carbocycles. The summed E-state index contributed by atoms with van der Waals surface area (Å²) in [6, 6.07) is 14.4. The summed E-state index contributed by atoms with van der Waals surface area (Å²) in [6.07, 6.45) is -3.46. The number of ether oxygens (including phenoxy) is 2. The number of benzene rings is 2. The van der Waals surface area contributed by atoms with Gasteiger partial charge in [-0.3, -0.25) is 9.78 Å². The Kier molecular flexibility index (Phi) is 7.09. The summed E-state index contributed by atoms with van der Waals surface area (Å²) in [5.41, 5.74) is -0.639. The van der Waals surface area contributed by atoms with Crippen LogP contribution in [0.4, 0.5) is 13.2 Å². The van der Waals surface area contributed by atoms with Gasteiger partial charge in [-0.15, -0.1) is 13.2 Å². The average molecular weight is 501 g/mol. The largest absolute Gasteiger partial charge is 0.573 e. The maximum atomic E-state index is 12.8. The van der Waals surface area contributed by atoms with Crippen molar-refractivity contribution < 1.29 is 37.1 Å². The van der Waals surface area contributed by atoms with Crippen LogP contribution in [0.1, 0.15) is 29.4 Å². The number of nitrogens with zero attached hydrogens (tertiary/aromatic N) is 2. The van der Waals surface area contributed by atoms with Gasteiger partial charge in [0.05, 0.1) is 18.9 Å². The van der Waals surface area contributed by atoms with Gasteiger partial charge in [-0.1, -0.05) is 41.6 Å². The van der Waals surface area contributed by atoms with Crippen LogP contribution in [-0.2, 0) is 20.8 Å². The first kappa shape index (κ1) is 25.0. The highest BCUT2D eigenvalue weighted by Gasteiger charge is 2.48. The lowest BCUT2D eigenvalue weighted by atomic mass is 9.89. The number of fused-ring (bicyclic) bond motifs is 1. The van der Waals surface area contributed by atoms with Crippen LogP contribution in [0.2, 0.25) is 0 Å². The molecule has 4 rings (SSSR count). The van der Waals surface area contributed by atoms with E-state index in [1.165, 1.54) is 18.3 Å². The van der Waals surface area contributed by atoms with Gasteiger partial charge >= 0.3 is 12.3 Å². The van der Waals surface area contributed by atoms with E-state index < -0.39 is 29.6 Å². The van der Waals surface area contributed by atoms with Gasteiger partial charge in [0.25, 0.3) is 5.91 Å². The minimum Gasteiger partial charge on any atom is -0.463 e. The Hall–Kier alpha value is -4.15. The minimum absolute atomic E-state index is 0.0257. The molecule has 1 aliphatic rings. The first-order valence-corrected chi connectivity index (χ1v) is 11.1. The molecule has 2 aromatic carbocycles. The molecule has 1 atom stereocenters. The summed E-state index contributed by atoms with van der Waals surface area (Å²) in [5.74, 6) is -1.57. The number of carbonyl (C=O) groups excluding carboxylic acids is 2. The molecule has 0 fully saturated rings. The molecule has 0 aliphatic carbocycles. The average Bonchev–Trinajstić information content (AvgIpc) is 3.25. The van der Waals surface area contributed by atoms with Crippen molar-refractivity contribution in [1.29, 1.82) is 0 Å². The second-order valence-corrected chi connectivity index (χ2v) is 8.08. The highest BCUT2D eigenvalue weighted by Crippen LogP contribution is 2.32. The summed E-state index contributed by atoms with van der Waals surface area (Å²) in [6.45, 7) is 1.67. The molecule has 1 unspecified atom stereocenters. The van der Waals surface area contributed by atoms with Gasteiger partial charge in [-0.25, -0.2) is 4.79 Å². The van der Waals surface area contributed by atoms with E-state index in [-0.39, 0.29) is 31.7 Å². The third kappa shape index (κ3) is 5.73. The SMILES string of the molecule is CCOC(=O)C1(Cc2cccc(OC(F)(F)F)c2)CC(CNC(=O)c2nccc3ccccc23)=NO1. The van der Waals surface area contributed by atoms with Crippen molar-refractivity contribution in [2.75, 3.05) is 13.2 Å². The van der Waals surface area contributed by atoms with Crippen molar-refractivity contribution in [3.63, 3.8) is 0 Å². The zero-order chi connectivity index (χ0) is 25.8. The number of carbonyl (C=O) groups is 2. The van der Waals surface area contributed by atoms with E-state index in [1.807, 2.05) is 12.1 Å². The van der Waals surface area contributed by atoms with Gasteiger partial charge < -0.3 is 19.6 Å². The Balaban J connectivity index is 1.47. The van der Waals surface area contributed by atoms with E-state index in [4.69, 9.17) is 9.57 Å². The van der Waals surface area contributed by atoms with Crippen molar-refractivity contribution >= 4 is 28.4 Å². The molecule has 188 valence electrons. The minimum atomic E-state index is -4.85. The molecular weight excluding hydrogens is 479 g/mol. The first-order valence-electron chi connectivity index (χ1n) is 11.1. The smallest absolute Gasteiger partial charge is 0.463 e. The maximum Gasteiger partial charge on any atom is 0.573 e. The molecule has 0 spiro atoms. The topological polar surface area (TPSA) is 99.1 Å². The molecule has 3 aromatic rings. The first-order chi connectivity index (χ1) is 17.2. The van der Waals surface area contributed by atoms with Gasteiger partial charge in [0.2, 0.25) is 5.60 Å². The molecule has 36 heavy (non-hydrogen) atoms. The number of hydrogen-bond donors (Lipinski definition) is 1. The monoisotopic (exact) mass is 501 g/mol.